The summed E-state index contributed by atoms with van der Waals surface area (Å²) in [6, 6.07) is 2.27. The van der Waals surface area contributed by atoms with Crippen molar-refractivity contribution in [1.29, 1.82) is 0 Å². The lowest BCUT2D eigenvalue weighted by molar-refractivity contribution is -0.275. The second-order valence-corrected chi connectivity index (χ2v) is 6.46. The van der Waals surface area contributed by atoms with Crippen LogP contribution < -0.4 is 15.6 Å². The maximum Gasteiger partial charge on any atom is 0.573 e. The van der Waals surface area contributed by atoms with Crippen LogP contribution in [0.4, 0.5) is 17.6 Å². The number of aromatic nitrogens is 2. The molecule has 8 nitrogen and oxygen atoms in total. The molecule has 0 aliphatic carbocycles. The molecule has 2 aromatic rings. The van der Waals surface area contributed by atoms with Crippen LogP contribution in [0.5, 0.6) is 5.75 Å². The number of ether oxygens (including phenoxy) is 2. The molecular weight excluding hydrogens is 414 g/mol. The van der Waals surface area contributed by atoms with Crippen LogP contribution in [0.1, 0.15) is 46.9 Å². The first kappa shape index (κ1) is 21.7. The van der Waals surface area contributed by atoms with Crippen molar-refractivity contribution >= 4 is 5.91 Å². The molecular formula is C18H17F4N3O5. The minimum atomic E-state index is -5.07. The monoisotopic (exact) mass is 431 g/mol. The van der Waals surface area contributed by atoms with E-state index in [4.69, 9.17) is 4.74 Å². The number of aromatic amines is 1. The van der Waals surface area contributed by atoms with Gasteiger partial charge in [0.2, 0.25) is 0 Å². The van der Waals surface area contributed by atoms with Gasteiger partial charge in [0.15, 0.2) is 11.6 Å². The standard InChI is InChI=1S/C18H17F4N3O5/c19-10-6-9(3-4-13(10)30-18(20,21)22)12(8-26)24-17(28)11-7-15(27)25-16(23-11)14-2-1-5-29-14/h3-4,6-7,12,14,26H,1-2,5,8H2,(H,24,28)(H,23,25,27). The molecule has 0 radical (unpaired) electrons. The van der Waals surface area contributed by atoms with Crippen molar-refractivity contribution in [3.8, 4) is 5.75 Å². The zero-order valence-corrected chi connectivity index (χ0v) is 15.3. The van der Waals surface area contributed by atoms with Crippen molar-refractivity contribution < 1.29 is 36.9 Å². The number of hydrogen-bond acceptors (Lipinski definition) is 6. The maximum atomic E-state index is 13.9. The molecule has 162 valence electrons. The van der Waals surface area contributed by atoms with E-state index in [0.717, 1.165) is 24.6 Å². The molecule has 12 heteroatoms. The van der Waals surface area contributed by atoms with Gasteiger partial charge in [0, 0.05) is 12.7 Å². The van der Waals surface area contributed by atoms with Crippen molar-refractivity contribution in [2.45, 2.75) is 31.3 Å². The third-order valence-corrected chi connectivity index (χ3v) is 4.30. The van der Waals surface area contributed by atoms with Crippen LogP contribution in [0.15, 0.2) is 29.1 Å². The Bertz CT molecular complexity index is 973. The van der Waals surface area contributed by atoms with E-state index in [1.807, 2.05) is 0 Å². The number of rotatable bonds is 6. The highest BCUT2D eigenvalue weighted by atomic mass is 19.4. The molecule has 1 aromatic heterocycles. The first-order valence-electron chi connectivity index (χ1n) is 8.86. The van der Waals surface area contributed by atoms with Gasteiger partial charge in [0.1, 0.15) is 17.6 Å². The number of aliphatic hydroxyl groups is 1. The molecule has 2 atom stereocenters. The fourth-order valence-electron chi connectivity index (χ4n) is 2.95. The Morgan fingerprint density at radius 1 is 1.40 bits per heavy atom. The van der Waals surface area contributed by atoms with Crippen molar-refractivity contribution in [2.75, 3.05) is 13.2 Å². The lowest BCUT2D eigenvalue weighted by Gasteiger charge is -2.18. The van der Waals surface area contributed by atoms with Crippen molar-refractivity contribution in [1.82, 2.24) is 15.3 Å². The lowest BCUT2D eigenvalue weighted by atomic mass is 10.1. The number of hydrogen-bond donors (Lipinski definition) is 3. The number of alkyl halides is 3. The summed E-state index contributed by atoms with van der Waals surface area (Å²) in [6.45, 7) is -0.191. The number of benzene rings is 1. The third-order valence-electron chi connectivity index (χ3n) is 4.30. The van der Waals surface area contributed by atoms with Gasteiger partial charge in [-0.25, -0.2) is 9.37 Å². The summed E-state index contributed by atoms with van der Waals surface area (Å²) in [5, 5.41) is 11.9. The molecule has 30 heavy (non-hydrogen) atoms. The summed E-state index contributed by atoms with van der Waals surface area (Å²) in [4.78, 5) is 30.9. The number of nitrogens with zero attached hydrogens (tertiary/aromatic N) is 1. The van der Waals surface area contributed by atoms with Gasteiger partial charge in [-0.05, 0) is 30.5 Å². The van der Waals surface area contributed by atoms with E-state index < -0.39 is 48.1 Å². The van der Waals surface area contributed by atoms with Crippen LogP contribution >= 0.6 is 0 Å². The molecule has 1 saturated heterocycles. The highest BCUT2D eigenvalue weighted by molar-refractivity contribution is 5.92. The molecule has 1 aromatic carbocycles. The molecule has 1 amide bonds. The number of amides is 1. The van der Waals surface area contributed by atoms with Gasteiger partial charge in [-0.15, -0.1) is 13.2 Å². The SMILES string of the molecule is O=C(NC(CO)c1ccc(OC(F)(F)F)c(F)c1)c1cc(=O)[nH]c(C2CCCO2)n1. The Morgan fingerprint density at radius 3 is 2.77 bits per heavy atom. The average Bonchev–Trinajstić information content (AvgIpc) is 3.21. The van der Waals surface area contributed by atoms with Gasteiger partial charge >= 0.3 is 6.36 Å². The zero-order chi connectivity index (χ0) is 21.9. The van der Waals surface area contributed by atoms with E-state index in [2.05, 4.69) is 20.0 Å². The Balaban J connectivity index is 1.78. The number of nitrogens with one attached hydrogen (secondary N) is 2. The van der Waals surface area contributed by atoms with Gasteiger partial charge in [-0.1, -0.05) is 6.07 Å². The highest BCUT2D eigenvalue weighted by Crippen LogP contribution is 2.28. The van der Waals surface area contributed by atoms with Gasteiger partial charge in [-0.2, -0.15) is 0 Å². The van der Waals surface area contributed by atoms with Gasteiger partial charge in [0.25, 0.3) is 11.5 Å². The predicted octanol–water partition coefficient (Wildman–Crippen LogP) is 2.12. The average molecular weight is 431 g/mol. The minimum Gasteiger partial charge on any atom is -0.403 e. The molecule has 1 aliphatic heterocycles. The summed E-state index contributed by atoms with van der Waals surface area (Å²) in [6.07, 6.45) is -4.12. The van der Waals surface area contributed by atoms with Crippen LogP contribution in [0.2, 0.25) is 0 Å². The van der Waals surface area contributed by atoms with Gasteiger partial charge in [0.05, 0.1) is 12.6 Å². The molecule has 2 unspecified atom stereocenters. The number of H-pyrrole nitrogens is 1. The molecule has 2 heterocycles. The zero-order valence-electron chi connectivity index (χ0n) is 15.3. The Labute approximate surface area is 166 Å². The summed E-state index contributed by atoms with van der Waals surface area (Å²) in [5.41, 5.74) is -0.844. The van der Waals surface area contributed by atoms with Crippen LogP contribution in [-0.4, -0.2) is 40.6 Å². The minimum absolute atomic E-state index is 0.0120. The molecule has 0 bridgehead atoms. The molecule has 3 rings (SSSR count). The Morgan fingerprint density at radius 2 is 2.17 bits per heavy atom. The van der Waals surface area contributed by atoms with E-state index in [-0.39, 0.29) is 17.1 Å². The fourth-order valence-corrected chi connectivity index (χ4v) is 2.95. The largest absolute Gasteiger partial charge is 0.573 e. The normalized spacial score (nSPS) is 17.6. The summed E-state index contributed by atoms with van der Waals surface area (Å²) >= 11 is 0. The first-order valence-corrected chi connectivity index (χ1v) is 8.86. The Hall–Kier alpha value is -2.99. The van der Waals surface area contributed by atoms with Crippen LogP contribution in [-0.2, 0) is 4.74 Å². The molecule has 1 fully saturated rings. The smallest absolute Gasteiger partial charge is 0.403 e. The fraction of sp³-hybridized carbons (Fsp3) is 0.389. The van der Waals surface area contributed by atoms with E-state index in [9.17, 15) is 32.3 Å². The quantitative estimate of drug-likeness (QED) is 0.604. The van der Waals surface area contributed by atoms with E-state index in [1.54, 1.807) is 0 Å². The molecule has 0 spiro atoms. The third kappa shape index (κ3) is 5.33. The van der Waals surface area contributed by atoms with E-state index in [0.29, 0.717) is 19.1 Å². The number of carbonyl (C=O) groups excluding carboxylic acids is 1. The Kier molecular flexibility index (Phi) is 6.37. The first-order chi connectivity index (χ1) is 14.2. The molecule has 3 N–H and O–H groups in total. The summed E-state index contributed by atoms with van der Waals surface area (Å²) in [5.74, 6) is -3.03. The van der Waals surface area contributed by atoms with Crippen molar-refractivity contribution in [3.05, 3.63) is 57.5 Å². The van der Waals surface area contributed by atoms with Crippen LogP contribution in [0, 0.1) is 5.82 Å². The maximum absolute atomic E-state index is 13.9. The van der Waals surface area contributed by atoms with E-state index in [1.165, 1.54) is 0 Å². The van der Waals surface area contributed by atoms with Crippen LogP contribution in [0.3, 0.4) is 0 Å². The molecule has 0 saturated carbocycles. The van der Waals surface area contributed by atoms with Crippen molar-refractivity contribution in [3.63, 3.8) is 0 Å². The highest BCUT2D eigenvalue weighted by Gasteiger charge is 2.32. The lowest BCUT2D eigenvalue weighted by Crippen LogP contribution is -2.33. The van der Waals surface area contributed by atoms with E-state index >= 15 is 0 Å². The summed E-state index contributed by atoms with van der Waals surface area (Å²) < 4.78 is 59.6. The second kappa shape index (κ2) is 8.79. The predicted molar refractivity (Wildman–Crippen MR) is 93.2 cm³/mol. The number of carbonyl (C=O) groups is 1. The van der Waals surface area contributed by atoms with Gasteiger partial charge < -0.3 is 24.9 Å². The molecule has 1 aliphatic rings. The van der Waals surface area contributed by atoms with Crippen LogP contribution in [0.25, 0.3) is 0 Å². The summed E-state index contributed by atoms with van der Waals surface area (Å²) in [7, 11) is 0. The number of halogens is 4. The number of aliphatic hydroxyl groups excluding tert-OH is 1. The second-order valence-electron chi connectivity index (χ2n) is 6.46. The van der Waals surface area contributed by atoms with Gasteiger partial charge in [-0.3, -0.25) is 9.59 Å². The topological polar surface area (TPSA) is 114 Å². The van der Waals surface area contributed by atoms with Crippen molar-refractivity contribution in [2.24, 2.45) is 0 Å².